The Bertz CT molecular complexity index is 382. The van der Waals surface area contributed by atoms with Gasteiger partial charge in [0.05, 0.1) is 0 Å². The molecular formula is C13H21F2N3. The molecule has 0 bridgehead atoms. The van der Waals surface area contributed by atoms with Crippen LogP contribution in [0.15, 0.2) is 18.2 Å². The molecule has 0 radical (unpaired) electrons. The van der Waals surface area contributed by atoms with Crippen LogP contribution in [0.1, 0.15) is 11.6 Å². The Kier molecular flexibility index (Phi) is 5.65. The van der Waals surface area contributed by atoms with Crippen molar-refractivity contribution in [2.45, 2.75) is 6.04 Å². The van der Waals surface area contributed by atoms with Gasteiger partial charge in [-0.3, -0.25) is 4.90 Å². The third-order valence-corrected chi connectivity index (χ3v) is 2.97. The normalized spacial score (nSPS) is 13.3. The molecule has 0 aromatic heterocycles. The van der Waals surface area contributed by atoms with Gasteiger partial charge in [-0.15, -0.1) is 0 Å². The third-order valence-electron chi connectivity index (χ3n) is 2.97. The minimum atomic E-state index is -0.439. The lowest BCUT2D eigenvalue weighted by Gasteiger charge is -2.28. The standard InChI is InChI=1S/C13H21F2N3/c1-17(2)6-7-18(3)13(9-16)11-8-10(14)4-5-12(11)15/h4-5,8,13H,6-7,9,16H2,1-3H3. The van der Waals surface area contributed by atoms with Crippen molar-refractivity contribution in [2.24, 2.45) is 5.73 Å². The van der Waals surface area contributed by atoms with Crippen LogP contribution in [0, 0.1) is 11.6 Å². The fraction of sp³-hybridized carbons (Fsp3) is 0.538. The summed E-state index contributed by atoms with van der Waals surface area (Å²) in [5.74, 6) is -0.852. The van der Waals surface area contributed by atoms with Gasteiger partial charge in [-0.2, -0.15) is 0 Å². The molecule has 0 aliphatic heterocycles. The Balaban J connectivity index is 2.84. The predicted molar refractivity (Wildman–Crippen MR) is 69.3 cm³/mol. The van der Waals surface area contributed by atoms with Gasteiger partial charge in [0.1, 0.15) is 11.6 Å². The fourth-order valence-corrected chi connectivity index (χ4v) is 1.83. The van der Waals surface area contributed by atoms with E-state index in [0.29, 0.717) is 5.56 Å². The summed E-state index contributed by atoms with van der Waals surface area (Å²) in [4.78, 5) is 3.98. The van der Waals surface area contributed by atoms with Crippen molar-refractivity contribution in [3.63, 3.8) is 0 Å². The minimum Gasteiger partial charge on any atom is -0.329 e. The van der Waals surface area contributed by atoms with Crippen molar-refractivity contribution in [2.75, 3.05) is 40.8 Å². The molecule has 0 amide bonds. The molecule has 0 aliphatic rings. The van der Waals surface area contributed by atoms with Gasteiger partial charge in [-0.1, -0.05) is 0 Å². The number of nitrogens with two attached hydrogens (primary N) is 1. The van der Waals surface area contributed by atoms with Gasteiger partial charge in [0, 0.05) is 31.2 Å². The van der Waals surface area contributed by atoms with E-state index in [1.165, 1.54) is 6.07 Å². The van der Waals surface area contributed by atoms with Gasteiger partial charge in [0.2, 0.25) is 0 Å². The zero-order chi connectivity index (χ0) is 13.7. The molecule has 5 heteroatoms. The third kappa shape index (κ3) is 4.01. The molecule has 102 valence electrons. The molecule has 1 unspecified atom stereocenters. The molecule has 1 rings (SSSR count). The van der Waals surface area contributed by atoms with Crippen LogP contribution in [0.3, 0.4) is 0 Å². The lowest BCUT2D eigenvalue weighted by molar-refractivity contribution is 0.218. The first-order chi connectivity index (χ1) is 8.45. The van der Waals surface area contributed by atoms with E-state index in [1.54, 1.807) is 0 Å². The van der Waals surface area contributed by atoms with Crippen molar-refractivity contribution in [3.05, 3.63) is 35.4 Å². The molecule has 0 spiro atoms. The Morgan fingerprint density at radius 3 is 2.39 bits per heavy atom. The van der Waals surface area contributed by atoms with E-state index in [9.17, 15) is 8.78 Å². The average Bonchev–Trinajstić information content (AvgIpc) is 2.32. The molecule has 0 heterocycles. The average molecular weight is 257 g/mol. The smallest absolute Gasteiger partial charge is 0.128 e. The van der Waals surface area contributed by atoms with Gasteiger partial charge in [0.15, 0.2) is 0 Å². The topological polar surface area (TPSA) is 32.5 Å². The monoisotopic (exact) mass is 257 g/mol. The number of benzene rings is 1. The number of likely N-dealkylation sites (N-methyl/N-ethyl adjacent to an activating group) is 2. The van der Waals surface area contributed by atoms with Crippen LogP contribution in [-0.2, 0) is 0 Å². The number of rotatable bonds is 6. The summed E-state index contributed by atoms with van der Waals surface area (Å²) in [7, 11) is 5.80. The summed E-state index contributed by atoms with van der Waals surface area (Å²) in [6.45, 7) is 1.83. The van der Waals surface area contributed by atoms with Crippen LogP contribution in [0.2, 0.25) is 0 Å². The zero-order valence-electron chi connectivity index (χ0n) is 11.2. The number of halogens is 2. The Morgan fingerprint density at radius 2 is 1.83 bits per heavy atom. The van der Waals surface area contributed by atoms with Gasteiger partial charge in [-0.25, -0.2) is 8.78 Å². The van der Waals surface area contributed by atoms with E-state index in [2.05, 4.69) is 0 Å². The molecular weight excluding hydrogens is 236 g/mol. The summed E-state index contributed by atoms with van der Waals surface area (Å²) in [6, 6.07) is 3.18. The SMILES string of the molecule is CN(C)CCN(C)C(CN)c1cc(F)ccc1F. The van der Waals surface area contributed by atoms with Crippen LogP contribution in [0.5, 0.6) is 0 Å². The van der Waals surface area contributed by atoms with Crippen LogP contribution in [0.4, 0.5) is 8.78 Å². The molecule has 0 fully saturated rings. The maximum absolute atomic E-state index is 13.7. The van der Waals surface area contributed by atoms with E-state index in [0.717, 1.165) is 25.2 Å². The van der Waals surface area contributed by atoms with Crippen LogP contribution in [0.25, 0.3) is 0 Å². The zero-order valence-corrected chi connectivity index (χ0v) is 11.2. The lowest BCUT2D eigenvalue weighted by Crippen LogP contribution is -2.36. The van der Waals surface area contributed by atoms with E-state index in [-0.39, 0.29) is 12.6 Å². The number of hydrogen-bond donors (Lipinski definition) is 1. The van der Waals surface area contributed by atoms with Gasteiger partial charge < -0.3 is 10.6 Å². The van der Waals surface area contributed by atoms with Gasteiger partial charge >= 0.3 is 0 Å². The Morgan fingerprint density at radius 1 is 1.17 bits per heavy atom. The molecule has 3 nitrogen and oxygen atoms in total. The van der Waals surface area contributed by atoms with Crippen LogP contribution < -0.4 is 5.73 Å². The molecule has 18 heavy (non-hydrogen) atoms. The molecule has 0 saturated carbocycles. The van der Waals surface area contributed by atoms with Crippen molar-refractivity contribution in [1.82, 2.24) is 9.80 Å². The highest BCUT2D eigenvalue weighted by molar-refractivity contribution is 5.22. The maximum atomic E-state index is 13.7. The lowest BCUT2D eigenvalue weighted by atomic mass is 10.0. The molecule has 2 N–H and O–H groups in total. The second-order valence-electron chi connectivity index (χ2n) is 4.70. The molecule has 1 aromatic rings. The second-order valence-corrected chi connectivity index (χ2v) is 4.70. The van der Waals surface area contributed by atoms with E-state index >= 15 is 0 Å². The summed E-state index contributed by atoms with van der Waals surface area (Å²) >= 11 is 0. The first-order valence-electron chi connectivity index (χ1n) is 5.95. The summed E-state index contributed by atoms with van der Waals surface area (Å²) in [6.07, 6.45) is 0. The Labute approximate surface area is 107 Å². The second kappa shape index (κ2) is 6.78. The van der Waals surface area contributed by atoms with Crippen LogP contribution in [-0.4, -0.2) is 50.6 Å². The molecule has 0 saturated heterocycles. The van der Waals surface area contributed by atoms with Gasteiger partial charge in [-0.05, 0) is 39.3 Å². The number of nitrogens with zero attached hydrogens (tertiary/aromatic N) is 2. The highest BCUT2D eigenvalue weighted by Gasteiger charge is 2.19. The summed E-state index contributed by atoms with van der Waals surface area (Å²) in [5, 5.41) is 0. The largest absolute Gasteiger partial charge is 0.329 e. The Hall–Kier alpha value is -1.04. The molecule has 0 aliphatic carbocycles. The van der Waals surface area contributed by atoms with Crippen molar-refractivity contribution in [1.29, 1.82) is 0 Å². The summed E-state index contributed by atoms with van der Waals surface area (Å²) in [5.41, 5.74) is 6.00. The highest BCUT2D eigenvalue weighted by atomic mass is 19.1. The van der Waals surface area contributed by atoms with Crippen LogP contribution >= 0.6 is 0 Å². The first kappa shape index (κ1) is 15.0. The van der Waals surface area contributed by atoms with Crippen molar-refractivity contribution in [3.8, 4) is 0 Å². The predicted octanol–water partition coefficient (Wildman–Crippen LogP) is 1.46. The number of hydrogen-bond acceptors (Lipinski definition) is 3. The first-order valence-corrected chi connectivity index (χ1v) is 5.95. The fourth-order valence-electron chi connectivity index (χ4n) is 1.83. The molecule has 1 atom stereocenters. The van der Waals surface area contributed by atoms with E-state index in [4.69, 9.17) is 5.73 Å². The highest BCUT2D eigenvalue weighted by Crippen LogP contribution is 2.22. The quantitative estimate of drug-likeness (QED) is 0.837. The minimum absolute atomic E-state index is 0.254. The van der Waals surface area contributed by atoms with E-state index < -0.39 is 11.6 Å². The van der Waals surface area contributed by atoms with Crippen molar-refractivity contribution >= 4 is 0 Å². The van der Waals surface area contributed by atoms with Gasteiger partial charge in [0.25, 0.3) is 0 Å². The summed E-state index contributed by atoms with van der Waals surface area (Å²) < 4.78 is 26.9. The van der Waals surface area contributed by atoms with Crippen molar-refractivity contribution < 1.29 is 8.78 Å². The molecule has 1 aromatic carbocycles. The maximum Gasteiger partial charge on any atom is 0.128 e. The van der Waals surface area contributed by atoms with E-state index in [1.807, 2.05) is 30.9 Å².